The van der Waals surface area contributed by atoms with Gasteiger partial charge in [0.25, 0.3) is 0 Å². The van der Waals surface area contributed by atoms with Crippen LogP contribution in [0.5, 0.6) is 5.75 Å². The van der Waals surface area contributed by atoms with Gasteiger partial charge in [-0.05, 0) is 24.4 Å². The maximum Gasteiger partial charge on any atom is 0.127 e. The predicted octanol–water partition coefficient (Wildman–Crippen LogP) is 4.06. The molecule has 0 amide bonds. The van der Waals surface area contributed by atoms with Crippen molar-refractivity contribution in [3.8, 4) is 5.75 Å². The number of nitrogens with one attached hydrogen (secondary N) is 1. The van der Waals surface area contributed by atoms with E-state index in [9.17, 15) is 4.39 Å². The van der Waals surface area contributed by atoms with Crippen LogP contribution in [0.25, 0.3) is 0 Å². The van der Waals surface area contributed by atoms with Crippen molar-refractivity contribution in [2.75, 3.05) is 6.54 Å². The minimum atomic E-state index is -0.231. The Morgan fingerprint density at radius 3 is 2.74 bits per heavy atom. The van der Waals surface area contributed by atoms with Gasteiger partial charge >= 0.3 is 0 Å². The van der Waals surface area contributed by atoms with Crippen LogP contribution in [0.2, 0.25) is 0 Å². The van der Waals surface area contributed by atoms with Crippen molar-refractivity contribution in [1.82, 2.24) is 5.32 Å². The first kappa shape index (κ1) is 14.3. The molecule has 2 rings (SSSR count). The second-order valence-corrected chi connectivity index (χ2v) is 6.53. The summed E-state index contributed by atoms with van der Waals surface area (Å²) in [6, 6.07) is 5.12. The largest absolute Gasteiger partial charge is 0.490 e. The number of hydrogen-bond acceptors (Lipinski definition) is 2. The second-order valence-electron chi connectivity index (χ2n) is 6.53. The third-order valence-corrected chi connectivity index (χ3v) is 3.43. The Bertz CT molecular complexity index is 439. The SMILES string of the molecule is CCNC1CC(CC(C)(C)C)Oc2cc(F)ccc21. The molecule has 1 aliphatic heterocycles. The average Bonchev–Trinajstić information content (AvgIpc) is 2.26. The smallest absolute Gasteiger partial charge is 0.127 e. The zero-order chi connectivity index (χ0) is 14.0. The molecule has 106 valence electrons. The van der Waals surface area contributed by atoms with Crippen molar-refractivity contribution < 1.29 is 9.13 Å². The molecule has 0 saturated heterocycles. The second kappa shape index (κ2) is 5.49. The topological polar surface area (TPSA) is 21.3 Å². The van der Waals surface area contributed by atoms with Crippen molar-refractivity contribution in [3.63, 3.8) is 0 Å². The number of fused-ring (bicyclic) bond motifs is 1. The van der Waals surface area contributed by atoms with E-state index in [0.29, 0.717) is 5.75 Å². The van der Waals surface area contributed by atoms with Gasteiger partial charge in [-0.3, -0.25) is 0 Å². The van der Waals surface area contributed by atoms with Gasteiger partial charge in [0.05, 0.1) is 0 Å². The van der Waals surface area contributed by atoms with Gasteiger partial charge in [-0.15, -0.1) is 0 Å². The van der Waals surface area contributed by atoms with Crippen LogP contribution in [-0.2, 0) is 0 Å². The van der Waals surface area contributed by atoms with Gasteiger partial charge in [-0.25, -0.2) is 4.39 Å². The van der Waals surface area contributed by atoms with Gasteiger partial charge in [0.2, 0.25) is 0 Å². The first-order valence-corrected chi connectivity index (χ1v) is 7.08. The summed E-state index contributed by atoms with van der Waals surface area (Å²) >= 11 is 0. The van der Waals surface area contributed by atoms with Crippen LogP contribution in [0.15, 0.2) is 18.2 Å². The van der Waals surface area contributed by atoms with Crippen LogP contribution in [0.3, 0.4) is 0 Å². The van der Waals surface area contributed by atoms with Gasteiger partial charge in [-0.1, -0.05) is 33.8 Å². The normalized spacial score (nSPS) is 22.8. The quantitative estimate of drug-likeness (QED) is 0.889. The maximum atomic E-state index is 13.4. The van der Waals surface area contributed by atoms with Crippen molar-refractivity contribution >= 4 is 0 Å². The molecule has 0 saturated carbocycles. The summed E-state index contributed by atoms with van der Waals surface area (Å²) in [6.07, 6.45) is 2.08. The molecule has 1 N–H and O–H groups in total. The molecule has 0 aliphatic carbocycles. The number of ether oxygens (including phenoxy) is 1. The van der Waals surface area contributed by atoms with Gasteiger partial charge in [0, 0.05) is 24.1 Å². The molecule has 0 fully saturated rings. The lowest BCUT2D eigenvalue weighted by Crippen LogP contribution is -2.35. The first-order valence-electron chi connectivity index (χ1n) is 7.08. The molecule has 19 heavy (non-hydrogen) atoms. The molecule has 1 heterocycles. The lowest BCUT2D eigenvalue weighted by molar-refractivity contribution is 0.105. The third-order valence-electron chi connectivity index (χ3n) is 3.43. The van der Waals surface area contributed by atoms with Gasteiger partial charge in [-0.2, -0.15) is 0 Å². The molecule has 2 atom stereocenters. The molecule has 0 spiro atoms. The minimum Gasteiger partial charge on any atom is -0.490 e. The molecule has 1 aliphatic rings. The minimum absolute atomic E-state index is 0.151. The van der Waals surface area contributed by atoms with E-state index in [0.717, 1.165) is 24.9 Å². The molecule has 1 aromatic carbocycles. The number of benzene rings is 1. The van der Waals surface area contributed by atoms with Crippen LogP contribution in [0, 0.1) is 11.2 Å². The zero-order valence-corrected chi connectivity index (χ0v) is 12.3. The van der Waals surface area contributed by atoms with Crippen LogP contribution < -0.4 is 10.1 Å². The Morgan fingerprint density at radius 1 is 1.37 bits per heavy atom. The number of rotatable bonds is 3. The monoisotopic (exact) mass is 265 g/mol. The summed E-state index contributed by atoms with van der Waals surface area (Å²) in [4.78, 5) is 0. The van der Waals surface area contributed by atoms with E-state index >= 15 is 0 Å². The van der Waals surface area contributed by atoms with E-state index < -0.39 is 0 Å². The summed E-state index contributed by atoms with van der Waals surface area (Å²) < 4.78 is 19.4. The summed E-state index contributed by atoms with van der Waals surface area (Å²) in [6.45, 7) is 9.63. The Hall–Kier alpha value is -1.09. The Balaban J connectivity index is 2.23. The van der Waals surface area contributed by atoms with E-state index in [1.54, 1.807) is 0 Å². The van der Waals surface area contributed by atoms with E-state index in [4.69, 9.17) is 4.74 Å². The molecule has 0 aromatic heterocycles. The molecular formula is C16H24FNO. The zero-order valence-electron chi connectivity index (χ0n) is 12.3. The molecule has 1 aromatic rings. The molecule has 2 unspecified atom stereocenters. The Labute approximate surface area is 115 Å². The van der Waals surface area contributed by atoms with Crippen LogP contribution >= 0.6 is 0 Å². The predicted molar refractivity (Wildman–Crippen MR) is 75.9 cm³/mol. The summed E-state index contributed by atoms with van der Waals surface area (Å²) in [5, 5.41) is 3.47. The highest BCUT2D eigenvalue weighted by Crippen LogP contribution is 2.38. The highest BCUT2D eigenvalue weighted by Gasteiger charge is 2.30. The van der Waals surface area contributed by atoms with E-state index in [-0.39, 0.29) is 23.4 Å². The van der Waals surface area contributed by atoms with Gasteiger partial charge in [0.1, 0.15) is 17.7 Å². The van der Waals surface area contributed by atoms with E-state index in [1.807, 2.05) is 6.07 Å². The lowest BCUT2D eigenvalue weighted by atomic mass is 9.85. The summed E-state index contributed by atoms with van der Waals surface area (Å²) in [5.74, 6) is 0.469. The summed E-state index contributed by atoms with van der Waals surface area (Å²) in [7, 11) is 0. The molecule has 3 heteroatoms. The average molecular weight is 265 g/mol. The first-order chi connectivity index (χ1) is 8.89. The molecule has 2 nitrogen and oxygen atoms in total. The Morgan fingerprint density at radius 2 is 2.11 bits per heavy atom. The Kier molecular flexibility index (Phi) is 4.14. The highest BCUT2D eigenvalue weighted by atomic mass is 19.1. The van der Waals surface area contributed by atoms with Crippen LogP contribution in [-0.4, -0.2) is 12.6 Å². The maximum absolute atomic E-state index is 13.4. The fourth-order valence-corrected chi connectivity index (χ4v) is 2.76. The van der Waals surface area contributed by atoms with Crippen molar-refractivity contribution in [1.29, 1.82) is 0 Å². The van der Waals surface area contributed by atoms with E-state index in [2.05, 4.69) is 33.0 Å². The highest BCUT2D eigenvalue weighted by molar-refractivity contribution is 5.38. The fourth-order valence-electron chi connectivity index (χ4n) is 2.76. The fraction of sp³-hybridized carbons (Fsp3) is 0.625. The van der Waals surface area contributed by atoms with E-state index in [1.165, 1.54) is 12.1 Å². The van der Waals surface area contributed by atoms with Crippen LogP contribution in [0.1, 0.15) is 52.1 Å². The number of halogens is 1. The molecular weight excluding hydrogens is 241 g/mol. The number of hydrogen-bond donors (Lipinski definition) is 1. The van der Waals surface area contributed by atoms with Crippen molar-refractivity contribution in [3.05, 3.63) is 29.6 Å². The summed E-state index contributed by atoms with van der Waals surface area (Å²) in [5.41, 5.74) is 1.29. The molecule has 0 bridgehead atoms. The van der Waals surface area contributed by atoms with Gasteiger partial charge in [0.15, 0.2) is 0 Å². The molecule has 0 radical (unpaired) electrons. The van der Waals surface area contributed by atoms with Crippen molar-refractivity contribution in [2.45, 2.75) is 52.7 Å². The third kappa shape index (κ3) is 3.69. The van der Waals surface area contributed by atoms with Crippen molar-refractivity contribution in [2.24, 2.45) is 5.41 Å². The standard InChI is InChI=1S/C16H24FNO/c1-5-18-14-9-12(10-16(2,3)4)19-15-8-11(17)6-7-13(14)15/h6-8,12,14,18H,5,9-10H2,1-4H3. The lowest BCUT2D eigenvalue weighted by Gasteiger charge is -2.35. The van der Waals surface area contributed by atoms with Gasteiger partial charge < -0.3 is 10.1 Å². The van der Waals surface area contributed by atoms with Crippen LogP contribution in [0.4, 0.5) is 4.39 Å².